The van der Waals surface area contributed by atoms with Gasteiger partial charge in [0.25, 0.3) is 0 Å². The zero-order chi connectivity index (χ0) is 20.0. The molecule has 0 saturated carbocycles. The lowest BCUT2D eigenvalue weighted by molar-refractivity contribution is 0.139. The van der Waals surface area contributed by atoms with E-state index in [9.17, 15) is 4.79 Å². The van der Waals surface area contributed by atoms with Crippen molar-refractivity contribution in [2.45, 2.75) is 6.10 Å². The first-order chi connectivity index (χ1) is 13.8. The number of benzene rings is 1. The number of nitrogens with zero attached hydrogens (tertiary/aromatic N) is 3. The van der Waals surface area contributed by atoms with Gasteiger partial charge in [-0.05, 0) is 30.3 Å². The van der Waals surface area contributed by atoms with Crippen LogP contribution in [0.2, 0.25) is 0 Å². The number of cyclic esters (lactones) is 1. The summed E-state index contributed by atoms with van der Waals surface area (Å²) in [6.45, 7) is 0.482. The molecule has 0 unspecified atom stereocenters. The van der Waals surface area contributed by atoms with Gasteiger partial charge in [0, 0.05) is 29.7 Å². The fourth-order valence-corrected chi connectivity index (χ4v) is 2.15. The van der Waals surface area contributed by atoms with Crippen molar-refractivity contribution in [1.29, 1.82) is 0 Å². The van der Waals surface area contributed by atoms with Gasteiger partial charge in [0.2, 0.25) is 0 Å². The first kappa shape index (κ1) is 20.2. The maximum Gasteiger partial charge on any atom is 0.408 e. The highest BCUT2D eigenvalue weighted by molar-refractivity contribution is 5.69. The highest BCUT2D eigenvalue weighted by Gasteiger charge is 2.24. The molecule has 6 heteroatoms. The Kier molecular flexibility index (Phi) is 8.25. The molecule has 0 spiro atoms. The molecular formula is C22H18N4O2. The van der Waals surface area contributed by atoms with E-state index in [-0.39, 0.29) is 6.10 Å². The van der Waals surface area contributed by atoms with Crippen molar-refractivity contribution in [2.75, 3.05) is 6.54 Å². The Balaban J connectivity index is 0.000000186. The van der Waals surface area contributed by atoms with Crippen molar-refractivity contribution in [2.24, 2.45) is 0 Å². The average Bonchev–Trinajstić information content (AvgIpc) is 3.23. The van der Waals surface area contributed by atoms with Crippen LogP contribution in [0, 0.1) is 24.7 Å². The normalized spacial score (nSPS) is 13.8. The number of carbonyl (C=O) groups is 1. The van der Waals surface area contributed by atoms with Crippen LogP contribution in [-0.2, 0) is 4.74 Å². The molecule has 1 aromatic carbocycles. The lowest BCUT2D eigenvalue weighted by atomic mass is 10.2. The van der Waals surface area contributed by atoms with Crippen molar-refractivity contribution < 1.29 is 9.53 Å². The smallest absolute Gasteiger partial charge is 0.408 e. The van der Waals surface area contributed by atoms with Crippen LogP contribution in [0.15, 0.2) is 73.4 Å². The Bertz CT molecular complexity index is 890. The molecule has 2 aromatic heterocycles. The number of nitrogens with one attached hydrogen (secondary N) is 1. The third-order valence-electron chi connectivity index (χ3n) is 3.40. The lowest BCUT2D eigenvalue weighted by Crippen LogP contribution is -2.12. The molecule has 3 aromatic rings. The molecule has 1 atom stereocenters. The third-order valence-corrected chi connectivity index (χ3v) is 3.40. The highest BCUT2D eigenvalue weighted by atomic mass is 16.6. The zero-order valence-corrected chi connectivity index (χ0v) is 15.0. The zero-order valence-electron chi connectivity index (χ0n) is 15.0. The predicted molar refractivity (Wildman–Crippen MR) is 106 cm³/mol. The molecule has 1 aliphatic heterocycles. The summed E-state index contributed by atoms with van der Waals surface area (Å²) in [7, 11) is 0. The largest absolute Gasteiger partial charge is 0.438 e. The quantitative estimate of drug-likeness (QED) is 0.667. The molecule has 6 nitrogen and oxygen atoms in total. The summed E-state index contributed by atoms with van der Waals surface area (Å²) in [6.07, 6.45) is 13.9. The minimum atomic E-state index is -0.390. The van der Waals surface area contributed by atoms with Gasteiger partial charge < -0.3 is 10.1 Å². The molecule has 1 aliphatic rings. The number of hydrogen-bond acceptors (Lipinski definition) is 5. The van der Waals surface area contributed by atoms with Crippen LogP contribution in [0.1, 0.15) is 22.9 Å². The van der Waals surface area contributed by atoms with Gasteiger partial charge in [-0.2, -0.15) is 0 Å². The van der Waals surface area contributed by atoms with Crippen molar-refractivity contribution >= 4 is 6.09 Å². The van der Waals surface area contributed by atoms with Crippen molar-refractivity contribution in [3.05, 3.63) is 90.3 Å². The minimum absolute atomic E-state index is 0.263. The Morgan fingerprint density at radius 3 is 2.32 bits per heavy atom. The van der Waals surface area contributed by atoms with E-state index in [4.69, 9.17) is 4.74 Å². The third kappa shape index (κ3) is 6.62. The van der Waals surface area contributed by atoms with E-state index in [1.54, 1.807) is 24.7 Å². The number of ether oxygens (including phenoxy) is 1. The summed E-state index contributed by atoms with van der Waals surface area (Å²) in [5.41, 5.74) is 2.69. The van der Waals surface area contributed by atoms with E-state index in [1.807, 2.05) is 42.5 Å². The van der Waals surface area contributed by atoms with Gasteiger partial charge >= 0.3 is 6.09 Å². The van der Waals surface area contributed by atoms with Crippen LogP contribution >= 0.6 is 0 Å². The predicted octanol–water partition coefficient (Wildman–Crippen LogP) is 2.99. The first-order valence-electron chi connectivity index (χ1n) is 8.32. The van der Waals surface area contributed by atoms with Crippen LogP contribution < -0.4 is 5.32 Å². The fraction of sp³-hybridized carbons (Fsp3) is 0.0909. The Labute approximate surface area is 164 Å². The molecule has 0 bridgehead atoms. The minimum Gasteiger partial charge on any atom is -0.438 e. The summed E-state index contributed by atoms with van der Waals surface area (Å²) < 4.78 is 4.91. The number of terminal acetylenes is 1. The molecule has 1 fully saturated rings. The molecule has 4 rings (SSSR count). The van der Waals surface area contributed by atoms with Crippen LogP contribution in [0.25, 0.3) is 0 Å². The van der Waals surface area contributed by atoms with Gasteiger partial charge in [0.05, 0.1) is 12.2 Å². The number of pyridine rings is 1. The maximum absolute atomic E-state index is 10.7. The Morgan fingerprint density at radius 2 is 1.71 bits per heavy atom. The fourth-order valence-electron chi connectivity index (χ4n) is 2.15. The number of carbonyl (C=O) groups excluding carboxylic acids is 1. The summed E-state index contributed by atoms with van der Waals surface area (Å²) in [4.78, 5) is 22.4. The van der Waals surface area contributed by atoms with Crippen LogP contribution in [0.4, 0.5) is 4.79 Å². The van der Waals surface area contributed by atoms with Crippen molar-refractivity contribution in [3.63, 3.8) is 0 Å². The van der Waals surface area contributed by atoms with Crippen LogP contribution in [-0.4, -0.2) is 27.6 Å². The summed E-state index contributed by atoms with van der Waals surface area (Å²) >= 11 is 0. The molecule has 1 N–H and O–H groups in total. The van der Waals surface area contributed by atoms with Crippen LogP contribution in [0.5, 0.6) is 0 Å². The second-order valence-corrected chi connectivity index (χ2v) is 5.27. The molecule has 138 valence electrons. The second-order valence-electron chi connectivity index (χ2n) is 5.27. The molecular weight excluding hydrogens is 352 g/mol. The van der Waals surface area contributed by atoms with Crippen LogP contribution in [0.3, 0.4) is 0 Å². The first-order valence-corrected chi connectivity index (χ1v) is 8.32. The molecule has 3 heterocycles. The van der Waals surface area contributed by atoms with E-state index in [0.29, 0.717) is 6.54 Å². The van der Waals surface area contributed by atoms with Crippen molar-refractivity contribution in [3.8, 4) is 24.7 Å². The molecule has 0 radical (unpaired) electrons. The number of rotatable bonds is 1. The highest BCUT2D eigenvalue weighted by Crippen LogP contribution is 2.17. The molecule has 0 aliphatic carbocycles. The lowest BCUT2D eigenvalue weighted by Gasteiger charge is -2.04. The second kappa shape index (κ2) is 11.5. The number of aromatic nitrogens is 3. The average molecular weight is 370 g/mol. The standard InChI is InChI=1S/C13H9N.C7H7N3O2.C2H2/c1-2-5-12(6-3-1)8-9-13-7-4-10-14-11-13;11-7-9-3-6(12-7)5-1-2-8-4-10-5;1-2/h1-7,10-11H;1-2,4,6H,3H2,(H,9,11);1-2H/t;6-;/m.1./s1. The molecule has 28 heavy (non-hydrogen) atoms. The molecule has 1 saturated heterocycles. The Hall–Kier alpha value is -4.16. The molecule has 1 amide bonds. The van der Waals surface area contributed by atoms with E-state index >= 15 is 0 Å². The summed E-state index contributed by atoms with van der Waals surface area (Å²) in [5, 5.41) is 2.55. The number of hydrogen-bond donors (Lipinski definition) is 1. The van der Waals surface area contributed by atoms with Gasteiger partial charge in [0.15, 0.2) is 6.10 Å². The van der Waals surface area contributed by atoms with Gasteiger partial charge in [0.1, 0.15) is 6.33 Å². The van der Waals surface area contributed by atoms with Gasteiger partial charge in [-0.15, -0.1) is 12.8 Å². The van der Waals surface area contributed by atoms with E-state index in [2.05, 4.69) is 45.0 Å². The van der Waals surface area contributed by atoms with Gasteiger partial charge in [-0.25, -0.2) is 14.8 Å². The van der Waals surface area contributed by atoms with Crippen molar-refractivity contribution in [1.82, 2.24) is 20.3 Å². The Morgan fingerprint density at radius 1 is 0.964 bits per heavy atom. The van der Waals surface area contributed by atoms with E-state index < -0.39 is 6.09 Å². The SMILES string of the molecule is C#C.C(#Cc1cccnc1)c1ccccc1.O=C1NC[C@H](c2ccncn2)O1. The van der Waals surface area contributed by atoms with Gasteiger partial charge in [-0.3, -0.25) is 4.98 Å². The maximum atomic E-state index is 10.7. The summed E-state index contributed by atoms with van der Waals surface area (Å²) in [5.74, 6) is 6.12. The summed E-state index contributed by atoms with van der Waals surface area (Å²) in [6, 6.07) is 15.5. The van der Waals surface area contributed by atoms with E-state index in [1.165, 1.54) is 6.33 Å². The van der Waals surface area contributed by atoms with E-state index in [0.717, 1.165) is 16.8 Å². The monoisotopic (exact) mass is 370 g/mol. The number of amides is 1. The number of alkyl carbamates (subject to hydrolysis) is 1. The van der Waals surface area contributed by atoms with Gasteiger partial charge in [-0.1, -0.05) is 30.0 Å². The topological polar surface area (TPSA) is 77.0 Å².